The summed E-state index contributed by atoms with van der Waals surface area (Å²) in [6.07, 6.45) is 0. The highest BCUT2D eigenvalue weighted by atomic mass is 16.6. The highest BCUT2D eigenvalue weighted by Gasteiger charge is 2.36. The molecule has 10 nitrogen and oxygen atoms in total. The Morgan fingerprint density at radius 2 is 1.78 bits per heavy atom. The maximum absolute atomic E-state index is 12.4. The van der Waals surface area contributed by atoms with E-state index in [1.807, 2.05) is 0 Å². The van der Waals surface area contributed by atoms with Crippen molar-refractivity contribution in [2.24, 2.45) is 0 Å². The molecule has 0 saturated heterocycles. The van der Waals surface area contributed by atoms with Crippen molar-refractivity contribution >= 4 is 34.9 Å². The van der Waals surface area contributed by atoms with E-state index in [2.05, 4.69) is 10.9 Å². The molecule has 1 aliphatic heterocycles. The molecule has 0 saturated carbocycles. The van der Waals surface area contributed by atoms with Gasteiger partial charge in [0.05, 0.1) is 27.4 Å². The number of nitro benzene ring substituents is 1. The van der Waals surface area contributed by atoms with E-state index in [-0.39, 0.29) is 22.5 Å². The van der Waals surface area contributed by atoms with E-state index in [9.17, 15) is 24.5 Å². The van der Waals surface area contributed by atoms with E-state index in [1.54, 1.807) is 12.1 Å². The van der Waals surface area contributed by atoms with Crippen LogP contribution >= 0.6 is 0 Å². The van der Waals surface area contributed by atoms with Crippen LogP contribution in [0.5, 0.6) is 0 Å². The third-order valence-corrected chi connectivity index (χ3v) is 4.15. The monoisotopic (exact) mass is 369 g/mol. The third kappa shape index (κ3) is 3.15. The number of hydrogen-bond donors (Lipinski definition) is 2. The zero-order valence-corrected chi connectivity index (χ0v) is 14.4. The quantitative estimate of drug-likeness (QED) is 0.482. The summed E-state index contributed by atoms with van der Waals surface area (Å²) in [4.78, 5) is 49.1. The number of hydrazine groups is 1. The Morgan fingerprint density at radius 3 is 2.41 bits per heavy atom. The molecule has 138 valence electrons. The minimum absolute atomic E-state index is 0.0730. The molecule has 2 aromatic rings. The molecule has 27 heavy (non-hydrogen) atoms. The lowest BCUT2D eigenvalue weighted by Crippen LogP contribution is -2.41. The highest BCUT2D eigenvalue weighted by molar-refractivity contribution is 6.24. The fourth-order valence-corrected chi connectivity index (χ4v) is 2.65. The number of nitro groups is 1. The summed E-state index contributed by atoms with van der Waals surface area (Å²) in [6, 6.07) is 9.57. The van der Waals surface area contributed by atoms with Crippen molar-refractivity contribution in [3.05, 3.63) is 63.7 Å². The lowest BCUT2D eigenvalue weighted by Gasteiger charge is -2.20. The number of urea groups is 1. The predicted molar refractivity (Wildman–Crippen MR) is 96.5 cm³/mol. The number of fused-ring (bicyclic) bond motifs is 1. The van der Waals surface area contributed by atoms with Crippen LogP contribution in [0.1, 0.15) is 20.7 Å². The van der Waals surface area contributed by atoms with E-state index in [0.717, 1.165) is 4.90 Å². The van der Waals surface area contributed by atoms with Crippen molar-refractivity contribution in [2.75, 3.05) is 24.4 Å². The summed E-state index contributed by atoms with van der Waals surface area (Å²) >= 11 is 0. The molecule has 0 aliphatic carbocycles. The predicted octanol–water partition coefficient (Wildman–Crippen LogP) is 1.99. The average Bonchev–Trinajstić information content (AvgIpc) is 2.90. The first-order valence-electron chi connectivity index (χ1n) is 7.81. The standard InChI is InChI=1S/C17H15N5O5/c1-20(13-5-3-4-12-14(13)16(24)21(2)15(12)23)17(25)19-18-10-6-8-11(9-7-10)22(26)27/h3-9,18H,1-2H3,(H,19,25). The zero-order valence-electron chi connectivity index (χ0n) is 14.4. The summed E-state index contributed by atoms with van der Waals surface area (Å²) in [5.74, 6) is -0.900. The van der Waals surface area contributed by atoms with Crippen molar-refractivity contribution in [3.8, 4) is 0 Å². The zero-order chi connectivity index (χ0) is 19.7. The summed E-state index contributed by atoms with van der Waals surface area (Å²) in [5, 5.41) is 10.6. The van der Waals surface area contributed by atoms with Gasteiger partial charge in [0.15, 0.2) is 0 Å². The smallest absolute Gasteiger partial charge is 0.297 e. The van der Waals surface area contributed by atoms with Gasteiger partial charge in [-0.05, 0) is 24.3 Å². The Kier molecular flexibility index (Phi) is 4.46. The first-order valence-corrected chi connectivity index (χ1v) is 7.81. The molecule has 2 N–H and O–H groups in total. The lowest BCUT2D eigenvalue weighted by molar-refractivity contribution is -0.384. The van der Waals surface area contributed by atoms with Gasteiger partial charge in [0.1, 0.15) is 0 Å². The lowest BCUT2D eigenvalue weighted by atomic mass is 10.1. The first kappa shape index (κ1) is 17.9. The number of nitrogens with one attached hydrogen (secondary N) is 2. The number of nitrogens with zero attached hydrogens (tertiary/aromatic N) is 3. The number of imide groups is 1. The van der Waals surface area contributed by atoms with Gasteiger partial charge in [-0.3, -0.25) is 40.4 Å². The van der Waals surface area contributed by atoms with Crippen molar-refractivity contribution < 1.29 is 19.3 Å². The molecule has 0 atom stereocenters. The normalized spacial score (nSPS) is 12.6. The van der Waals surface area contributed by atoms with Crippen molar-refractivity contribution in [1.29, 1.82) is 0 Å². The number of anilines is 2. The van der Waals surface area contributed by atoms with E-state index < -0.39 is 22.8 Å². The number of carbonyl (C=O) groups excluding carboxylic acids is 3. The minimum Gasteiger partial charge on any atom is -0.297 e. The minimum atomic E-state index is -0.587. The van der Waals surface area contributed by atoms with Crippen molar-refractivity contribution in [3.63, 3.8) is 0 Å². The molecule has 1 heterocycles. The van der Waals surface area contributed by atoms with Gasteiger partial charge in [-0.15, -0.1) is 0 Å². The molecule has 3 rings (SSSR count). The number of benzene rings is 2. The molecule has 0 aromatic heterocycles. The second-order valence-electron chi connectivity index (χ2n) is 5.79. The fourth-order valence-electron chi connectivity index (χ4n) is 2.65. The SMILES string of the molecule is CN1C(=O)c2cccc(N(C)C(=O)NNc3ccc([N+](=O)[O-])cc3)c2C1=O. The van der Waals surface area contributed by atoms with Crippen LogP contribution in [0, 0.1) is 10.1 Å². The van der Waals surface area contributed by atoms with Gasteiger partial charge in [-0.1, -0.05) is 6.07 Å². The van der Waals surface area contributed by atoms with Gasteiger partial charge >= 0.3 is 6.03 Å². The third-order valence-electron chi connectivity index (χ3n) is 4.15. The number of rotatable bonds is 4. The fraction of sp³-hybridized carbons (Fsp3) is 0.118. The summed E-state index contributed by atoms with van der Waals surface area (Å²) in [6.45, 7) is 0. The maximum Gasteiger partial charge on any atom is 0.340 e. The molecule has 0 radical (unpaired) electrons. The largest absolute Gasteiger partial charge is 0.340 e. The van der Waals surface area contributed by atoms with Crippen molar-refractivity contribution in [1.82, 2.24) is 10.3 Å². The van der Waals surface area contributed by atoms with E-state index in [0.29, 0.717) is 5.69 Å². The molecular weight excluding hydrogens is 354 g/mol. The Bertz CT molecular complexity index is 957. The molecule has 10 heteroatoms. The molecule has 0 bridgehead atoms. The van der Waals surface area contributed by atoms with Gasteiger partial charge in [0.2, 0.25) is 0 Å². The van der Waals surface area contributed by atoms with Gasteiger partial charge in [0, 0.05) is 26.2 Å². The average molecular weight is 369 g/mol. The number of carbonyl (C=O) groups is 3. The van der Waals surface area contributed by atoms with E-state index in [4.69, 9.17) is 0 Å². The summed E-state index contributed by atoms with van der Waals surface area (Å²) in [7, 11) is 2.84. The van der Waals surface area contributed by atoms with Crippen LogP contribution in [0.4, 0.5) is 21.9 Å². The molecule has 2 aromatic carbocycles. The molecule has 0 fully saturated rings. The van der Waals surface area contributed by atoms with Crippen LogP contribution in [0.25, 0.3) is 0 Å². The van der Waals surface area contributed by atoms with Crippen LogP contribution in [0.2, 0.25) is 0 Å². The van der Waals surface area contributed by atoms with Gasteiger partial charge < -0.3 is 0 Å². The summed E-state index contributed by atoms with van der Waals surface area (Å²) in [5.41, 5.74) is 6.12. The summed E-state index contributed by atoms with van der Waals surface area (Å²) < 4.78 is 0. The molecule has 1 aliphatic rings. The second-order valence-corrected chi connectivity index (χ2v) is 5.79. The van der Waals surface area contributed by atoms with Gasteiger partial charge in [0.25, 0.3) is 17.5 Å². The molecular formula is C17H15N5O5. The van der Waals surface area contributed by atoms with Crippen LogP contribution in [-0.2, 0) is 0 Å². The van der Waals surface area contributed by atoms with Gasteiger partial charge in [-0.2, -0.15) is 0 Å². The highest BCUT2D eigenvalue weighted by Crippen LogP contribution is 2.30. The van der Waals surface area contributed by atoms with Crippen LogP contribution in [-0.4, -0.2) is 41.8 Å². The Labute approximate surface area is 153 Å². The molecule has 0 spiro atoms. The maximum atomic E-state index is 12.4. The van der Waals surface area contributed by atoms with E-state index >= 15 is 0 Å². The number of amides is 4. The van der Waals surface area contributed by atoms with Crippen LogP contribution in [0.15, 0.2) is 42.5 Å². The Balaban J connectivity index is 1.74. The second kappa shape index (κ2) is 6.75. The van der Waals surface area contributed by atoms with E-state index in [1.165, 1.54) is 49.3 Å². The first-order chi connectivity index (χ1) is 12.8. The Morgan fingerprint density at radius 1 is 1.11 bits per heavy atom. The number of non-ortho nitro benzene ring substituents is 1. The Hall–Kier alpha value is -3.95. The van der Waals surface area contributed by atoms with Crippen molar-refractivity contribution in [2.45, 2.75) is 0 Å². The van der Waals surface area contributed by atoms with Gasteiger partial charge in [-0.25, -0.2) is 4.79 Å². The van der Waals surface area contributed by atoms with Crippen LogP contribution in [0.3, 0.4) is 0 Å². The van der Waals surface area contributed by atoms with Crippen LogP contribution < -0.4 is 15.8 Å². The molecule has 4 amide bonds. The number of hydrogen-bond acceptors (Lipinski definition) is 6. The molecule has 0 unspecified atom stereocenters. The topological polar surface area (TPSA) is 125 Å².